The molecule has 7 nitrogen and oxygen atoms in total. The summed E-state index contributed by atoms with van der Waals surface area (Å²) in [4.78, 5) is 22.0. The van der Waals surface area contributed by atoms with Crippen molar-refractivity contribution in [2.45, 2.75) is 6.92 Å². The van der Waals surface area contributed by atoms with E-state index in [0.717, 1.165) is 60.8 Å². The van der Waals surface area contributed by atoms with E-state index < -0.39 is 0 Å². The molecular formula is C26H24N6O. The van der Waals surface area contributed by atoms with Gasteiger partial charge in [0.1, 0.15) is 0 Å². The summed E-state index contributed by atoms with van der Waals surface area (Å²) < 4.78 is 1.74. The third-order valence-electron chi connectivity index (χ3n) is 6.23. The summed E-state index contributed by atoms with van der Waals surface area (Å²) in [6, 6.07) is 19.1. The van der Waals surface area contributed by atoms with Crippen molar-refractivity contribution < 1.29 is 4.79 Å². The van der Waals surface area contributed by atoms with Crippen molar-refractivity contribution in [3.8, 4) is 28.5 Å². The maximum atomic E-state index is 12.9. The third kappa shape index (κ3) is 4.09. The van der Waals surface area contributed by atoms with E-state index in [2.05, 4.69) is 23.0 Å². The highest BCUT2D eigenvalue weighted by Crippen LogP contribution is 2.26. The molecule has 0 atom stereocenters. The van der Waals surface area contributed by atoms with Gasteiger partial charge in [0.2, 0.25) is 0 Å². The first-order valence-corrected chi connectivity index (χ1v) is 11.1. The topological polar surface area (TPSA) is 77.5 Å². The van der Waals surface area contributed by atoms with Crippen LogP contribution in [0.2, 0.25) is 0 Å². The molecule has 1 fully saturated rings. The fraction of sp³-hybridized carbons (Fsp3) is 0.231. The number of nitriles is 1. The Morgan fingerprint density at radius 1 is 0.970 bits per heavy atom. The van der Waals surface area contributed by atoms with Crippen molar-refractivity contribution in [1.29, 1.82) is 5.26 Å². The Morgan fingerprint density at radius 3 is 2.33 bits per heavy atom. The van der Waals surface area contributed by atoms with Crippen LogP contribution in [-0.4, -0.2) is 63.0 Å². The Bertz CT molecular complexity index is 1330. The monoisotopic (exact) mass is 436 g/mol. The molecule has 0 saturated carbocycles. The Morgan fingerprint density at radius 2 is 1.67 bits per heavy atom. The van der Waals surface area contributed by atoms with E-state index >= 15 is 0 Å². The number of fused-ring (bicyclic) bond motifs is 1. The van der Waals surface area contributed by atoms with E-state index in [-0.39, 0.29) is 5.91 Å². The van der Waals surface area contributed by atoms with Crippen LogP contribution in [0.4, 0.5) is 0 Å². The highest BCUT2D eigenvalue weighted by Gasteiger charge is 2.21. The van der Waals surface area contributed by atoms with Crippen molar-refractivity contribution in [2.75, 3.05) is 32.7 Å². The number of carbonyl (C=O) groups is 1. The zero-order valence-corrected chi connectivity index (χ0v) is 18.5. The van der Waals surface area contributed by atoms with Crippen LogP contribution in [-0.2, 0) is 0 Å². The van der Waals surface area contributed by atoms with E-state index in [9.17, 15) is 4.79 Å². The lowest BCUT2D eigenvalue weighted by molar-refractivity contribution is 0.0643. The predicted octanol–water partition coefficient (Wildman–Crippen LogP) is 3.71. The highest BCUT2D eigenvalue weighted by molar-refractivity contribution is 5.94. The quantitative estimate of drug-likeness (QED) is 0.487. The number of aromatic nitrogens is 3. The summed E-state index contributed by atoms with van der Waals surface area (Å²) in [5, 5.41) is 13.4. The Hall–Kier alpha value is -4.02. The standard InChI is InChI=1S/C26H24N6O/c1-2-30-13-15-31(16-14-30)26(33)22-9-7-21(8-10-22)24-11-12-32-25(29-24)23(18-28-32)20-5-3-19(17-27)4-6-20/h3-12,18H,2,13-16H2,1H3. The number of hydrogen-bond donors (Lipinski definition) is 0. The molecule has 2 aromatic carbocycles. The van der Waals surface area contributed by atoms with E-state index in [4.69, 9.17) is 10.2 Å². The fourth-order valence-electron chi connectivity index (χ4n) is 4.19. The molecule has 1 aliphatic heterocycles. The van der Waals surface area contributed by atoms with Crippen molar-refractivity contribution in [3.63, 3.8) is 0 Å². The van der Waals surface area contributed by atoms with Crippen LogP contribution >= 0.6 is 0 Å². The zero-order valence-electron chi connectivity index (χ0n) is 18.5. The maximum Gasteiger partial charge on any atom is 0.253 e. The van der Waals surface area contributed by atoms with Crippen molar-refractivity contribution >= 4 is 11.6 Å². The first-order chi connectivity index (χ1) is 16.2. The maximum absolute atomic E-state index is 12.9. The molecule has 0 N–H and O–H groups in total. The van der Waals surface area contributed by atoms with Gasteiger partial charge < -0.3 is 9.80 Å². The van der Waals surface area contributed by atoms with Crippen LogP contribution in [0.3, 0.4) is 0 Å². The molecule has 2 aromatic heterocycles. The lowest BCUT2D eigenvalue weighted by atomic mass is 10.1. The molecule has 0 radical (unpaired) electrons. The number of nitrogens with zero attached hydrogens (tertiary/aromatic N) is 6. The normalized spacial score (nSPS) is 14.4. The van der Waals surface area contributed by atoms with Gasteiger partial charge in [-0.15, -0.1) is 0 Å². The summed E-state index contributed by atoms with van der Waals surface area (Å²) in [6.07, 6.45) is 3.67. The second-order valence-corrected chi connectivity index (χ2v) is 8.13. The number of rotatable bonds is 4. The minimum atomic E-state index is 0.0830. The first-order valence-electron chi connectivity index (χ1n) is 11.1. The predicted molar refractivity (Wildman–Crippen MR) is 127 cm³/mol. The molecular weight excluding hydrogens is 412 g/mol. The van der Waals surface area contributed by atoms with Crippen LogP contribution in [0.25, 0.3) is 28.0 Å². The molecule has 4 aromatic rings. The van der Waals surface area contributed by atoms with Gasteiger partial charge in [-0.2, -0.15) is 10.4 Å². The van der Waals surface area contributed by atoms with E-state index in [1.54, 1.807) is 22.8 Å². The number of hydrogen-bond acceptors (Lipinski definition) is 5. The summed E-state index contributed by atoms with van der Waals surface area (Å²) >= 11 is 0. The minimum Gasteiger partial charge on any atom is -0.336 e. The Labute approximate surface area is 192 Å². The fourth-order valence-corrected chi connectivity index (χ4v) is 4.19. The number of benzene rings is 2. The van der Waals surface area contributed by atoms with Gasteiger partial charge in [-0.3, -0.25) is 4.79 Å². The van der Waals surface area contributed by atoms with Crippen molar-refractivity contribution in [2.24, 2.45) is 0 Å². The molecule has 0 aliphatic carbocycles. The molecule has 0 unspecified atom stereocenters. The minimum absolute atomic E-state index is 0.0830. The summed E-state index contributed by atoms with van der Waals surface area (Å²) in [7, 11) is 0. The lowest BCUT2D eigenvalue weighted by Crippen LogP contribution is -2.48. The SMILES string of the molecule is CCN1CCN(C(=O)c2ccc(-c3ccn4ncc(-c5ccc(C#N)cc5)c4n3)cc2)CC1. The second kappa shape index (κ2) is 8.85. The van der Waals surface area contributed by atoms with Crippen LogP contribution in [0.1, 0.15) is 22.8 Å². The van der Waals surface area contributed by atoms with E-state index in [0.29, 0.717) is 11.1 Å². The van der Waals surface area contributed by atoms with Gasteiger partial charge in [0.05, 0.1) is 23.5 Å². The number of piperazine rings is 1. The first kappa shape index (κ1) is 20.9. The molecule has 1 amide bonds. The van der Waals surface area contributed by atoms with Gasteiger partial charge in [0, 0.05) is 49.1 Å². The molecule has 0 spiro atoms. The molecule has 5 rings (SSSR count). The second-order valence-electron chi connectivity index (χ2n) is 8.13. The van der Waals surface area contributed by atoms with Gasteiger partial charge >= 0.3 is 0 Å². The molecule has 0 bridgehead atoms. The summed E-state index contributed by atoms with van der Waals surface area (Å²) in [6.45, 7) is 6.57. The van der Waals surface area contributed by atoms with Crippen molar-refractivity contribution in [1.82, 2.24) is 24.4 Å². The lowest BCUT2D eigenvalue weighted by Gasteiger charge is -2.34. The van der Waals surface area contributed by atoms with Gasteiger partial charge in [0.15, 0.2) is 5.65 Å². The molecule has 164 valence electrons. The molecule has 3 heterocycles. The largest absolute Gasteiger partial charge is 0.336 e. The van der Waals surface area contributed by atoms with Crippen LogP contribution in [0, 0.1) is 11.3 Å². The molecule has 33 heavy (non-hydrogen) atoms. The summed E-state index contributed by atoms with van der Waals surface area (Å²) in [5.41, 5.74) is 5.67. The van der Waals surface area contributed by atoms with Gasteiger partial charge in [-0.25, -0.2) is 9.50 Å². The number of carbonyl (C=O) groups excluding carboxylic acids is 1. The van der Waals surface area contributed by atoms with Crippen LogP contribution in [0.15, 0.2) is 67.0 Å². The summed E-state index contributed by atoms with van der Waals surface area (Å²) in [5.74, 6) is 0.0830. The van der Waals surface area contributed by atoms with E-state index in [1.165, 1.54) is 0 Å². The van der Waals surface area contributed by atoms with Gasteiger partial charge in [-0.1, -0.05) is 31.2 Å². The molecule has 1 saturated heterocycles. The van der Waals surface area contributed by atoms with Gasteiger partial charge in [-0.05, 0) is 42.4 Å². The average Bonchev–Trinajstić information content (AvgIpc) is 3.32. The van der Waals surface area contributed by atoms with E-state index in [1.807, 2.05) is 53.6 Å². The zero-order chi connectivity index (χ0) is 22.8. The number of likely N-dealkylation sites (N-methyl/N-ethyl adjacent to an activating group) is 1. The van der Waals surface area contributed by atoms with Crippen LogP contribution in [0.5, 0.6) is 0 Å². The highest BCUT2D eigenvalue weighted by atomic mass is 16.2. The van der Waals surface area contributed by atoms with Crippen molar-refractivity contribution in [3.05, 3.63) is 78.1 Å². The van der Waals surface area contributed by atoms with Crippen LogP contribution < -0.4 is 0 Å². The van der Waals surface area contributed by atoms with Gasteiger partial charge in [0.25, 0.3) is 5.91 Å². The molecule has 1 aliphatic rings. The Kier molecular flexibility index (Phi) is 5.59. The third-order valence-corrected chi connectivity index (χ3v) is 6.23. The average molecular weight is 437 g/mol. The number of amides is 1. The Balaban J connectivity index is 1.39. The smallest absolute Gasteiger partial charge is 0.253 e. The molecule has 7 heteroatoms.